The minimum absolute atomic E-state index is 0.0220. The predicted octanol–water partition coefficient (Wildman–Crippen LogP) is 2.72. The largest absolute Gasteiger partial charge is 0.378 e. The number of carbonyl (C=O) groups is 1. The molecule has 0 N–H and O–H groups in total. The summed E-state index contributed by atoms with van der Waals surface area (Å²) in [7, 11) is 0. The third kappa shape index (κ3) is 3.21. The Morgan fingerprint density at radius 3 is 2.63 bits per heavy atom. The molecule has 6 nitrogen and oxygen atoms in total. The fourth-order valence-corrected chi connectivity index (χ4v) is 3.65. The number of hydrogen-bond acceptors (Lipinski definition) is 4. The highest BCUT2D eigenvalue weighted by molar-refractivity contribution is 5.99. The highest BCUT2D eigenvalue weighted by Gasteiger charge is 2.24. The SMILES string of the molecule is Cc1ccccc1Cc1c(C)nc2c(C(=O)N3CCOCC3)cnn2c1C. The van der Waals surface area contributed by atoms with Gasteiger partial charge >= 0.3 is 0 Å². The zero-order valence-electron chi connectivity index (χ0n) is 16.0. The molecule has 0 atom stereocenters. The quantitative estimate of drug-likeness (QED) is 0.717. The van der Waals surface area contributed by atoms with Crippen molar-refractivity contribution in [2.24, 2.45) is 0 Å². The molecule has 0 radical (unpaired) electrons. The third-order valence-electron chi connectivity index (χ3n) is 5.37. The molecule has 4 rings (SSSR count). The van der Waals surface area contributed by atoms with Crippen molar-refractivity contribution in [2.45, 2.75) is 27.2 Å². The van der Waals surface area contributed by atoms with Gasteiger partial charge in [0.05, 0.1) is 19.4 Å². The van der Waals surface area contributed by atoms with Crippen LogP contribution in [0.25, 0.3) is 5.65 Å². The van der Waals surface area contributed by atoms with E-state index in [1.165, 1.54) is 11.1 Å². The van der Waals surface area contributed by atoms with E-state index >= 15 is 0 Å². The van der Waals surface area contributed by atoms with Gasteiger partial charge in [0.1, 0.15) is 5.56 Å². The number of ether oxygens (including phenoxy) is 1. The molecule has 27 heavy (non-hydrogen) atoms. The summed E-state index contributed by atoms with van der Waals surface area (Å²) in [6.45, 7) is 8.56. The Hall–Kier alpha value is -2.73. The van der Waals surface area contributed by atoms with Crippen LogP contribution in [0.4, 0.5) is 0 Å². The van der Waals surface area contributed by atoms with E-state index in [2.05, 4.69) is 36.3 Å². The Morgan fingerprint density at radius 1 is 1.15 bits per heavy atom. The molecular formula is C21H24N4O2. The molecule has 1 fully saturated rings. The van der Waals surface area contributed by atoms with E-state index in [-0.39, 0.29) is 5.91 Å². The summed E-state index contributed by atoms with van der Waals surface area (Å²) in [5.74, 6) is -0.0220. The summed E-state index contributed by atoms with van der Waals surface area (Å²) < 4.78 is 7.14. The van der Waals surface area contributed by atoms with E-state index in [0.717, 1.165) is 23.4 Å². The number of morpholine rings is 1. The summed E-state index contributed by atoms with van der Waals surface area (Å²) in [4.78, 5) is 19.5. The van der Waals surface area contributed by atoms with Gasteiger partial charge in [0, 0.05) is 30.9 Å². The maximum absolute atomic E-state index is 12.9. The molecule has 1 aromatic carbocycles. The Bertz CT molecular complexity index is 1000. The summed E-state index contributed by atoms with van der Waals surface area (Å²) in [5.41, 5.74) is 6.87. The number of carbonyl (C=O) groups excluding carboxylic acids is 1. The molecule has 0 bridgehead atoms. The smallest absolute Gasteiger partial charge is 0.259 e. The van der Waals surface area contributed by atoms with Crippen molar-refractivity contribution in [1.29, 1.82) is 0 Å². The maximum Gasteiger partial charge on any atom is 0.259 e. The Balaban J connectivity index is 1.73. The molecule has 6 heteroatoms. The second-order valence-corrected chi connectivity index (χ2v) is 7.06. The van der Waals surface area contributed by atoms with Crippen molar-refractivity contribution in [3.63, 3.8) is 0 Å². The molecule has 1 saturated heterocycles. The fraction of sp³-hybridized carbons (Fsp3) is 0.381. The number of benzene rings is 1. The monoisotopic (exact) mass is 364 g/mol. The van der Waals surface area contributed by atoms with Crippen LogP contribution in [-0.4, -0.2) is 51.7 Å². The van der Waals surface area contributed by atoms with Gasteiger partial charge in [0.25, 0.3) is 5.91 Å². The Kier molecular flexibility index (Phi) is 4.66. The Morgan fingerprint density at radius 2 is 1.89 bits per heavy atom. The van der Waals surface area contributed by atoms with Gasteiger partial charge in [-0.2, -0.15) is 5.10 Å². The first-order chi connectivity index (χ1) is 13.1. The lowest BCUT2D eigenvalue weighted by Gasteiger charge is -2.26. The summed E-state index contributed by atoms with van der Waals surface area (Å²) in [5, 5.41) is 4.48. The van der Waals surface area contributed by atoms with Gasteiger partial charge in [-0.15, -0.1) is 0 Å². The lowest BCUT2D eigenvalue weighted by atomic mass is 9.99. The highest BCUT2D eigenvalue weighted by Crippen LogP contribution is 2.22. The summed E-state index contributed by atoms with van der Waals surface area (Å²) in [6, 6.07) is 8.39. The van der Waals surface area contributed by atoms with Crippen molar-refractivity contribution in [3.05, 3.63) is 64.1 Å². The molecule has 1 aliphatic rings. The summed E-state index contributed by atoms with van der Waals surface area (Å²) >= 11 is 0. The fourth-order valence-electron chi connectivity index (χ4n) is 3.65. The molecule has 0 unspecified atom stereocenters. The number of nitrogens with zero attached hydrogens (tertiary/aromatic N) is 4. The first-order valence-electron chi connectivity index (χ1n) is 9.31. The second kappa shape index (κ2) is 7.12. The van der Waals surface area contributed by atoms with Gasteiger partial charge in [-0.1, -0.05) is 24.3 Å². The lowest BCUT2D eigenvalue weighted by molar-refractivity contribution is 0.0304. The lowest BCUT2D eigenvalue weighted by Crippen LogP contribution is -2.40. The number of aromatic nitrogens is 3. The van der Waals surface area contributed by atoms with Crippen LogP contribution in [0, 0.1) is 20.8 Å². The van der Waals surface area contributed by atoms with Gasteiger partial charge in [-0.05, 0) is 37.5 Å². The van der Waals surface area contributed by atoms with Gasteiger partial charge in [0.2, 0.25) is 0 Å². The van der Waals surface area contributed by atoms with Gasteiger partial charge in [0.15, 0.2) is 5.65 Å². The second-order valence-electron chi connectivity index (χ2n) is 7.06. The van der Waals surface area contributed by atoms with Gasteiger partial charge in [-0.3, -0.25) is 4.79 Å². The van der Waals surface area contributed by atoms with Crippen LogP contribution >= 0.6 is 0 Å². The first-order valence-corrected chi connectivity index (χ1v) is 9.31. The van der Waals surface area contributed by atoms with Gasteiger partial charge < -0.3 is 9.64 Å². The zero-order chi connectivity index (χ0) is 19.0. The predicted molar refractivity (Wildman–Crippen MR) is 103 cm³/mol. The normalized spacial score (nSPS) is 14.7. The van der Waals surface area contributed by atoms with Crippen LogP contribution in [0.2, 0.25) is 0 Å². The van der Waals surface area contributed by atoms with Crippen molar-refractivity contribution < 1.29 is 9.53 Å². The minimum Gasteiger partial charge on any atom is -0.378 e. The number of hydrogen-bond donors (Lipinski definition) is 0. The van der Waals surface area contributed by atoms with E-state index in [9.17, 15) is 4.79 Å². The molecule has 3 heterocycles. The van der Waals surface area contributed by atoms with E-state index in [4.69, 9.17) is 9.72 Å². The van der Waals surface area contributed by atoms with E-state index < -0.39 is 0 Å². The van der Waals surface area contributed by atoms with E-state index in [1.54, 1.807) is 10.7 Å². The van der Waals surface area contributed by atoms with Crippen LogP contribution < -0.4 is 0 Å². The van der Waals surface area contributed by atoms with Gasteiger partial charge in [-0.25, -0.2) is 9.50 Å². The van der Waals surface area contributed by atoms with Crippen LogP contribution in [0.1, 0.15) is 38.4 Å². The van der Waals surface area contributed by atoms with Crippen molar-refractivity contribution in [2.75, 3.05) is 26.3 Å². The number of fused-ring (bicyclic) bond motifs is 1. The molecule has 3 aromatic rings. The first kappa shape index (κ1) is 17.7. The molecule has 0 saturated carbocycles. The van der Waals surface area contributed by atoms with E-state index in [1.807, 2.05) is 18.7 Å². The zero-order valence-corrected chi connectivity index (χ0v) is 16.0. The molecular weight excluding hydrogens is 340 g/mol. The minimum atomic E-state index is -0.0220. The molecule has 1 amide bonds. The maximum atomic E-state index is 12.9. The standard InChI is InChI=1S/C21H24N4O2/c1-14-6-4-5-7-17(14)12-18-15(2)23-20-19(13-22-25(20)16(18)3)21(26)24-8-10-27-11-9-24/h4-7,13H,8-12H2,1-3H3. The molecule has 0 spiro atoms. The number of rotatable bonds is 3. The van der Waals surface area contributed by atoms with E-state index in [0.29, 0.717) is 37.5 Å². The molecule has 140 valence electrons. The van der Waals surface area contributed by atoms with Crippen molar-refractivity contribution in [3.8, 4) is 0 Å². The Labute approximate surface area is 158 Å². The van der Waals surface area contributed by atoms with Crippen LogP contribution in [0.5, 0.6) is 0 Å². The molecule has 1 aliphatic heterocycles. The van der Waals surface area contributed by atoms with Crippen LogP contribution in [-0.2, 0) is 11.2 Å². The van der Waals surface area contributed by atoms with Crippen LogP contribution in [0.3, 0.4) is 0 Å². The number of amides is 1. The third-order valence-corrected chi connectivity index (χ3v) is 5.37. The number of aryl methyl sites for hydroxylation is 3. The van der Waals surface area contributed by atoms with Crippen molar-refractivity contribution in [1.82, 2.24) is 19.5 Å². The topological polar surface area (TPSA) is 59.7 Å². The average molecular weight is 364 g/mol. The average Bonchev–Trinajstić information content (AvgIpc) is 3.10. The highest BCUT2D eigenvalue weighted by atomic mass is 16.5. The summed E-state index contributed by atoms with van der Waals surface area (Å²) in [6.07, 6.45) is 2.45. The molecule has 0 aliphatic carbocycles. The molecule has 2 aromatic heterocycles. The van der Waals surface area contributed by atoms with Crippen molar-refractivity contribution >= 4 is 11.6 Å². The van der Waals surface area contributed by atoms with Crippen LogP contribution in [0.15, 0.2) is 30.5 Å².